The van der Waals surface area contributed by atoms with E-state index in [4.69, 9.17) is 5.73 Å². The molecule has 0 amide bonds. The highest BCUT2D eigenvalue weighted by Gasteiger charge is 2.17. The number of aryl methyl sites for hydroxylation is 1. The fraction of sp³-hybridized carbons (Fsp3) is 0.600. The van der Waals surface area contributed by atoms with E-state index in [2.05, 4.69) is 5.10 Å². The highest BCUT2D eigenvalue weighted by molar-refractivity contribution is 5.80. The first-order valence-corrected chi connectivity index (χ1v) is 4.78. The van der Waals surface area contributed by atoms with Gasteiger partial charge in [-0.05, 0) is 13.8 Å². The van der Waals surface area contributed by atoms with Crippen molar-refractivity contribution in [3.63, 3.8) is 0 Å². The minimum Gasteiger partial charge on any atom is -0.326 e. The van der Waals surface area contributed by atoms with Crippen LogP contribution in [0, 0.1) is 19.8 Å². The zero-order chi connectivity index (χ0) is 10.9. The first-order valence-electron chi connectivity index (χ1n) is 4.78. The van der Waals surface area contributed by atoms with Gasteiger partial charge < -0.3 is 5.73 Å². The molecule has 0 aliphatic heterocycles. The van der Waals surface area contributed by atoms with Gasteiger partial charge in [0.1, 0.15) is 0 Å². The van der Waals surface area contributed by atoms with Gasteiger partial charge in [0, 0.05) is 23.7 Å². The molecule has 0 radical (unpaired) electrons. The number of nitrogens with zero attached hydrogens (tertiary/aromatic N) is 2. The van der Waals surface area contributed by atoms with Crippen LogP contribution in [0.4, 0.5) is 0 Å². The van der Waals surface area contributed by atoms with Crippen LogP contribution in [0.1, 0.15) is 35.6 Å². The van der Waals surface area contributed by atoms with Crippen molar-refractivity contribution in [3.05, 3.63) is 17.0 Å². The summed E-state index contributed by atoms with van der Waals surface area (Å²) in [5.74, 6) is -0.0241. The number of carbonyl (C=O) groups excluding carboxylic acids is 1. The lowest BCUT2D eigenvalue weighted by atomic mass is 10.2. The standard InChI is InChI=1S/C10H17N3O/c1-6(2)10(14)13-8(4)9(5-11)7(3)12-13/h6H,5,11H2,1-4H3. The normalized spacial score (nSPS) is 11.0. The fourth-order valence-electron chi connectivity index (χ4n) is 1.43. The molecule has 0 bridgehead atoms. The SMILES string of the molecule is Cc1nn(C(=O)C(C)C)c(C)c1CN. The smallest absolute Gasteiger partial charge is 0.249 e. The van der Waals surface area contributed by atoms with Crippen molar-refractivity contribution in [1.29, 1.82) is 0 Å². The summed E-state index contributed by atoms with van der Waals surface area (Å²) >= 11 is 0. The number of hydrogen-bond acceptors (Lipinski definition) is 3. The van der Waals surface area contributed by atoms with Gasteiger partial charge in [0.05, 0.1) is 5.69 Å². The van der Waals surface area contributed by atoms with Gasteiger partial charge in [-0.1, -0.05) is 13.8 Å². The topological polar surface area (TPSA) is 60.9 Å². The Balaban J connectivity index is 3.17. The van der Waals surface area contributed by atoms with Crippen molar-refractivity contribution in [2.45, 2.75) is 34.2 Å². The predicted octanol–water partition coefficient (Wildman–Crippen LogP) is 1.25. The maximum Gasteiger partial charge on any atom is 0.249 e. The van der Waals surface area contributed by atoms with Crippen molar-refractivity contribution < 1.29 is 4.79 Å². The average Bonchev–Trinajstić information content (AvgIpc) is 2.40. The molecule has 0 saturated heterocycles. The molecule has 1 heterocycles. The molecule has 4 heteroatoms. The van der Waals surface area contributed by atoms with Crippen LogP contribution in [-0.2, 0) is 6.54 Å². The molecule has 0 atom stereocenters. The molecule has 2 N–H and O–H groups in total. The summed E-state index contributed by atoms with van der Waals surface area (Å²) in [6.45, 7) is 7.91. The van der Waals surface area contributed by atoms with E-state index < -0.39 is 0 Å². The molecule has 0 saturated carbocycles. The third-order valence-corrected chi connectivity index (χ3v) is 2.35. The Kier molecular flexibility index (Phi) is 3.06. The fourth-order valence-corrected chi connectivity index (χ4v) is 1.43. The molecule has 1 rings (SSSR count). The van der Waals surface area contributed by atoms with Crippen molar-refractivity contribution >= 4 is 5.91 Å². The van der Waals surface area contributed by atoms with Gasteiger partial charge in [0.15, 0.2) is 0 Å². The van der Waals surface area contributed by atoms with Crippen LogP contribution < -0.4 is 5.73 Å². The van der Waals surface area contributed by atoms with Crippen LogP contribution in [0.5, 0.6) is 0 Å². The van der Waals surface area contributed by atoms with E-state index in [0.29, 0.717) is 6.54 Å². The molecule has 14 heavy (non-hydrogen) atoms. The lowest BCUT2D eigenvalue weighted by Gasteiger charge is -2.05. The first kappa shape index (κ1) is 10.9. The van der Waals surface area contributed by atoms with E-state index >= 15 is 0 Å². The van der Waals surface area contributed by atoms with E-state index in [1.165, 1.54) is 4.68 Å². The Hall–Kier alpha value is -1.16. The zero-order valence-corrected chi connectivity index (χ0v) is 9.16. The largest absolute Gasteiger partial charge is 0.326 e. The summed E-state index contributed by atoms with van der Waals surface area (Å²) in [6.07, 6.45) is 0. The maximum absolute atomic E-state index is 11.7. The number of aromatic nitrogens is 2. The lowest BCUT2D eigenvalue weighted by Crippen LogP contribution is -2.19. The molecular weight excluding hydrogens is 178 g/mol. The number of rotatable bonds is 2. The van der Waals surface area contributed by atoms with Gasteiger partial charge in [-0.2, -0.15) is 5.10 Å². The molecule has 4 nitrogen and oxygen atoms in total. The number of nitrogens with two attached hydrogens (primary N) is 1. The molecule has 78 valence electrons. The van der Waals surface area contributed by atoms with Gasteiger partial charge in [-0.3, -0.25) is 4.79 Å². The second-order valence-corrected chi connectivity index (χ2v) is 3.76. The van der Waals surface area contributed by atoms with E-state index in [-0.39, 0.29) is 11.8 Å². The molecule has 0 spiro atoms. The summed E-state index contributed by atoms with van der Waals surface area (Å²) in [5.41, 5.74) is 8.26. The molecule has 0 aliphatic rings. The first-order chi connectivity index (χ1) is 6.49. The second-order valence-electron chi connectivity index (χ2n) is 3.76. The molecular formula is C10H17N3O. The maximum atomic E-state index is 11.7. The third-order valence-electron chi connectivity index (χ3n) is 2.35. The summed E-state index contributed by atoms with van der Waals surface area (Å²) < 4.78 is 1.46. The third kappa shape index (κ3) is 1.70. The Labute approximate surface area is 84.1 Å². The van der Waals surface area contributed by atoms with Gasteiger partial charge in [-0.25, -0.2) is 4.68 Å². The lowest BCUT2D eigenvalue weighted by molar-refractivity contribution is 0.0835. The quantitative estimate of drug-likeness (QED) is 0.772. The summed E-state index contributed by atoms with van der Waals surface area (Å²) in [4.78, 5) is 11.7. The summed E-state index contributed by atoms with van der Waals surface area (Å²) in [5, 5.41) is 4.19. The van der Waals surface area contributed by atoms with Crippen LogP contribution in [-0.4, -0.2) is 15.7 Å². The van der Waals surface area contributed by atoms with Crippen LogP contribution in [0.2, 0.25) is 0 Å². The minimum atomic E-state index is -0.0429. The van der Waals surface area contributed by atoms with Crippen molar-refractivity contribution in [2.24, 2.45) is 11.7 Å². The van der Waals surface area contributed by atoms with E-state index in [1.54, 1.807) is 0 Å². The monoisotopic (exact) mass is 195 g/mol. The molecule has 0 aromatic carbocycles. The Bertz CT molecular complexity index is 352. The Morgan fingerprint density at radius 1 is 1.50 bits per heavy atom. The van der Waals surface area contributed by atoms with Crippen LogP contribution in [0.3, 0.4) is 0 Å². The van der Waals surface area contributed by atoms with E-state index in [9.17, 15) is 4.79 Å². The zero-order valence-electron chi connectivity index (χ0n) is 9.16. The minimum absolute atomic E-state index is 0.0188. The van der Waals surface area contributed by atoms with Crippen molar-refractivity contribution in [1.82, 2.24) is 9.78 Å². The Morgan fingerprint density at radius 3 is 2.43 bits per heavy atom. The number of carbonyl (C=O) groups is 1. The summed E-state index contributed by atoms with van der Waals surface area (Å²) in [6, 6.07) is 0. The van der Waals surface area contributed by atoms with Gasteiger partial charge >= 0.3 is 0 Å². The molecule has 0 fully saturated rings. The van der Waals surface area contributed by atoms with E-state index in [1.807, 2.05) is 27.7 Å². The van der Waals surface area contributed by atoms with Crippen LogP contribution in [0.25, 0.3) is 0 Å². The summed E-state index contributed by atoms with van der Waals surface area (Å²) in [7, 11) is 0. The number of hydrogen-bond donors (Lipinski definition) is 1. The van der Waals surface area contributed by atoms with Gasteiger partial charge in [0.25, 0.3) is 0 Å². The molecule has 1 aromatic heterocycles. The highest BCUT2D eigenvalue weighted by Crippen LogP contribution is 2.13. The van der Waals surface area contributed by atoms with Gasteiger partial charge in [-0.15, -0.1) is 0 Å². The van der Waals surface area contributed by atoms with Crippen molar-refractivity contribution in [2.75, 3.05) is 0 Å². The van der Waals surface area contributed by atoms with E-state index in [0.717, 1.165) is 17.0 Å². The van der Waals surface area contributed by atoms with Crippen LogP contribution >= 0.6 is 0 Å². The predicted molar refractivity (Wildman–Crippen MR) is 55.1 cm³/mol. The average molecular weight is 195 g/mol. The molecule has 1 aromatic rings. The van der Waals surface area contributed by atoms with Gasteiger partial charge in [0.2, 0.25) is 5.91 Å². The molecule has 0 aliphatic carbocycles. The second kappa shape index (κ2) is 3.92. The van der Waals surface area contributed by atoms with Crippen molar-refractivity contribution in [3.8, 4) is 0 Å². The highest BCUT2D eigenvalue weighted by atomic mass is 16.2. The van der Waals surface area contributed by atoms with Crippen LogP contribution in [0.15, 0.2) is 0 Å². The molecule has 0 unspecified atom stereocenters. The Morgan fingerprint density at radius 2 is 2.07 bits per heavy atom.